The maximum absolute atomic E-state index is 11.8. The van der Waals surface area contributed by atoms with Crippen molar-refractivity contribution in [1.82, 2.24) is 5.32 Å². The van der Waals surface area contributed by atoms with Gasteiger partial charge < -0.3 is 10.1 Å². The maximum Gasteiger partial charge on any atom is 0.325 e. The van der Waals surface area contributed by atoms with Crippen molar-refractivity contribution in [1.29, 1.82) is 0 Å². The predicted octanol–water partition coefficient (Wildman–Crippen LogP) is 2.19. The first-order valence-electron chi connectivity index (χ1n) is 5.44. The van der Waals surface area contributed by atoms with Crippen molar-refractivity contribution >= 4 is 40.8 Å². The zero-order valence-corrected chi connectivity index (χ0v) is 11.8. The van der Waals surface area contributed by atoms with Crippen LogP contribution in [0.4, 0.5) is 5.69 Å². The van der Waals surface area contributed by atoms with E-state index in [9.17, 15) is 19.7 Å². The number of nitro benzene ring substituents is 1. The summed E-state index contributed by atoms with van der Waals surface area (Å²) in [7, 11) is 0. The average Bonchev–Trinajstić information content (AvgIpc) is 2.39. The molecule has 7 nitrogen and oxygen atoms in total. The third kappa shape index (κ3) is 4.07. The first kappa shape index (κ1) is 16.2. The van der Waals surface area contributed by atoms with Crippen molar-refractivity contribution in [3.63, 3.8) is 0 Å². The van der Waals surface area contributed by atoms with Gasteiger partial charge in [-0.15, -0.1) is 0 Å². The molecule has 20 heavy (non-hydrogen) atoms. The first-order valence-corrected chi connectivity index (χ1v) is 6.19. The van der Waals surface area contributed by atoms with Crippen molar-refractivity contribution < 1.29 is 19.2 Å². The average molecular weight is 321 g/mol. The smallest absolute Gasteiger partial charge is 0.325 e. The number of amides is 1. The third-order valence-corrected chi connectivity index (χ3v) is 2.97. The molecule has 0 spiro atoms. The number of nitro groups is 1. The molecule has 9 heteroatoms. The van der Waals surface area contributed by atoms with Gasteiger partial charge in [-0.25, -0.2) is 0 Å². The molecule has 108 valence electrons. The van der Waals surface area contributed by atoms with Crippen LogP contribution in [0.15, 0.2) is 12.1 Å². The van der Waals surface area contributed by atoms with Crippen LogP contribution in [0.3, 0.4) is 0 Å². The van der Waals surface area contributed by atoms with Gasteiger partial charge in [0.2, 0.25) is 0 Å². The van der Waals surface area contributed by atoms with Gasteiger partial charge in [-0.2, -0.15) is 0 Å². The molecule has 1 amide bonds. The Morgan fingerprint density at radius 3 is 2.60 bits per heavy atom. The van der Waals surface area contributed by atoms with Crippen LogP contribution in [0.1, 0.15) is 17.3 Å². The molecule has 0 bridgehead atoms. The summed E-state index contributed by atoms with van der Waals surface area (Å²) in [5.41, 5.74) is -0.559. The molecule has 0 saturated carbocycles. The van der Waals surface area contributed by atoms with Crippen LogP contribution in [0.25, 0.3) is 0 Å². The molecular weight excluding hydrogens is 311 g/mol. The Morgan fingerprint density at radius 1 is 1.40 bits per heavy atom. The van der Waals surface area contributed by atoms with E-state index in [1.54, 1.807) is 6.92 Å². The Balaban J connectivity index is 2.92. The Hall–Kier alpha value is -1.86. The van der Waals surface area contributed by atoms with E-state index in [2.05, 4.69) is 10.1 Å². The fraction of sp³-hybridized carbons (Fsp3) is 0.273. The van der Waals surface area contributed by atoms with Crippen molar-refractivity contribution in [3.8, 4) is 0 Å². The highest BCUT2D eigenvalue weighted by atomic mass is 35.5. The molecule has 1 rings (SSSR count). The second-order valence-electron chi connectivity index (χ2n) is 3.53. The van der Waals surface area contributed by atoms with Crippen molar-refractivity contribution in [2.75, 3.05) is 13.2 Å². The number of carbonyl (C=O) groups excluding carboxylic acids is 2. The van der Waals surface area contributed by atoms with Crippen molar-refractivity contribution in [2.24, 2.45) is 0 Å². The minimum absolute atomic E-state index is 0.123. The lowest BCUT2D eigenvalue weighted by molar-refractivity contribution is -0.384. The number of rotatable bonds is 5. The van der Waals surface area contributed by atoms with Crippen molar-refractivity contribution in [3.05, 3.63) is 37.9 Å². The third-order valence-electron chi connectivity index (χ3n) is 2.17. The van der Waals surface area contributed by atoms with E-state index in [1.807, 2.05) is 0 Å². The number of nitrogens with one attached hydrogen (secondary N) is 1. The Morgan fingerprint density at radius 2 is 2.05 bits per heavy atom. The van der Waals surface area contributed by atoms with E-state index in [-0.39, 0.29) is 34.4 Å². The molecule has 0 aliphatic carbocycles. The number of hydrogen-bond acceptors (Lipinski definition) is 5. The van der Waals surface area contributed by atoms with Crippen molar-refractivity contribution in [2.45, 2.75) is 6.92 Å². The van der Waals surface area contributed by atoms with Crippen LogP contribution < -0.4 is 5.32 Å². The number of hydrogen-bond donors (Lipinski definition) is 1. The molecule has 0 unspecified atom stereocenters. The van der Waals surface area contributed by atoms with E-state index >= 15 is 0 Å². The lowest BCUT2D eigenvalue weighted by Crippen LogP contribution is -2.30. The highest BCUT2D eigenvalue weighted by Crippen LogP contribution is 2.30. The second kappa shape index (κ2) is 7.06. The number of non-ortho nitro benzene ring substituents is 1. The lowest BCUT2D eigenvalue weighted by Gasteiger charge is -2.07. The molecule has 1 N–H and O–H groups in total. The van der Waals surface area contributed by atoms with Gasteiger partial charge in [-0.3, -0.25) is 19.7 Å². The van der Waals surface area contributed by atoms with Crippen LogP contribution in [0, 0.1) is 10.1 Å². The van der Waals surface area contributed by atoms with Gasteiger partial charge in [-0.1, -0.05) is 23.2 Å². The molecule has 0 saturated heterocycles. The zero-order chi connectivity index (χ0) is 15.3. The van der Waals surface area contributed by atoms with Gasteiger partial charge in [-0.05, 0) is 6.92 Å². The summed E-state index contributed by atoms with van der Waals surface area (Å²) >= 11 is 11.5. The minimum Gasteiger partial charge on any atom is -0.465 e. The van der Waals surface area contributed by atoms with Crippen LogP contribution >= 0.6 is 23.2 Å². The van der Waals surface area contributed by atoms with Crippen LogP contribution in [0.2, 0.25) is 10.0 Å². The topological polar surface area (TPSA) is 98.5 Å². The largest absolute Gasteiger partial charge is 0.465 e. The quantitative estimate of drug-likeness (QED) is 0.509. The molecule has 0 radical (unpaired) electrons. The number of carbonyl (C=O) groups is 2. The number of halogens is 2. The van der Waals surface area contributed by atoms with Gasteiger partial charge in [0.1, 0.15) is 6.54 Å². The monoisotopic (exact) mass is 320 g/mol. The van der Waals surface area contributed by atoms with E-state index in [0.717, 1.165) is 12.1 Å². The van der Waals surface area contributed by atoms with Gasteiger partial charge in [0, 0.05) is 12.1 Å². The molecule has 1 aromatic rings. The normalized spacial score (nSPS) is 9.95. The fourth-order valence-corrected chi connectivity index (χ4v) is 1.71. The zero-order valence-electron chi connectivity index (χ0n) is 10.3. The Labute approximate surface area is 124 Å². The maximum atomic E-state index is 11.8. The number of benzene rings is 1. The molecular formula is C11H10Cl2N2O5. The van der Waals surface area contributed by atoms with Gasteiger partial charge >= 0.3 is 5.97 Å². The van der Waals surface area contributed by atoms with Gasteiger partial charge in [0.25, 0.3) is 11.6 Å². The predicted molar refractivity (Wildman–Crippen MR) is 72.1 cm³/mol. The minimum atomic E-state index is -0.756. The molecule has 0 aromatic heterocycles. The van der Waals surface area contributed by atoms with E-state index in [1.165, 1.54) is 0 Å². The summed E-state index contributed by atoms with van der Waals surface area (Å²) in [6, 6.07) is 2.01. The van der Waals surface area contributed by atoms with Crippen LogP contribution in [-0.4, -0.2) is 30.0 Å². The van der Waals surface area contributed by atoms with E-state index in [0.29, 0.717) is 0 Å². The van der Waals surface area contributed by atoms with Crippen LogP contribution in [-0.2, 0) is 9.53 Å². The number of nitrogens with zero attached hydrogens (tertiary/aromatic N) is 1. The van der Waals surface area contributed by atoms with E-state index < -0.39 is 16.8 Å². The SMILES string of the molecule is CCOC(=O)CNC(=O)c1cc([N+](=O)[O-])cc(Cl)c1Cl. The molecule has 0 fully saturated rings. The summed E-state index contributed by atoms with van der Waals surface area (Å²) < 4.78 is 4.62. The van der Waals surface area contributed by atoms with Gasteiger partial charge in [0.15, 0.2) is 0 Å². The van der Waals surface area contributed by atoms with E-state index in [4.69, 9.17) is 23.2 Å². The number of esters is 1. The standard InChI is InChI=1S/C11H10Cl2N2O5/c1-2-20-9(16)5-14-11(17)7-3-6(15(18)19)4-8(12)10(7)13/h3-4H,2,5H2,1H3,(H,14,17). The Kier molecular flexibility index (Phi) is 5.72. The summed E-state index contributed by atoms with van der Waals surface area (Å²) in [6.45, 7) is 1.43. The molecule has 0 atom stereocenters. The summed E-state index contributed by atoms with van der Waals surface area (Å²) in [5, 5.41) is 12.7. The number of ether oxygens (including phenoxy) is 1. The summed E-state index contributed by atoms with van der Waals surface area (Å²) in [4.78, 5) is 32.9. The summed E-state index contributed by atoms with van der Waals surface area (Å²) in [6.07, 6.45) is 0. The fourth-order valence-electron chi connectivity index (χ4n) is 1.31. The highest BCUT2D eigenvalue weighted by Gasteiger charge is 2.19. The summed E-state index contributed by atoms with van der Waals surface area (Å²) in [5.74, 6) is -1.39. The van der Waals surface area contributed by atoms with Crippen LogP contribution in [0.5, 0.6) is 0 Å². The Bertz CT molecular complexity index is 562. The molecule has 0 aliphatic rings. The first-order chi connectivity index (χ1) is 9.36. The highest BCUT2D eigenvalue weighted by molar-refractivity contribution is 6.44. The molecule has 0 aliphatic heterocycles. The lowest BCUT2D eigenvalue weighted by atomic mass is 10.2. The van der Waals surface area contributed by atoms with Gasteiger partial charge in [0.05, 0.1) is 27.1 Å². The second-order valence-corrected chi connectivity index (χ2v) is 4.32. The molecule has 0 heterocycles. The molecule has 1 aromatic carbocycles.